The summed E-state index contributed by atoms with van der Waals surface area (Å²) in [4.78, 5) is 12.9. The third-order valence-corrected chi connectivity index (χ3v) is 3.22. The van der Waals surface area contributed by atoms with E-state index < -0.39 is 10.8 Å². The summed E-state index contributed by atoms with van der Waals surface area (Å²) in [5.74, 6) is 1.34. The van der Waals surface area contributed by atoms with Crippen molar-refractivity contribution in [1.29, 1.82) is 0 Å². The summed E-state index contributed by atoms with van der Waals surface area (Å²) in [6.45, 7) is 4.34. The lowest BCUT2D eigenvalue weighted by molar-refractivity contribution is -0.130. The van der Waals surface area contributed by atoms with Gasteiger partial charge in [0.15, 0.2) is 0 Å². The molecule has 0 saturated heterocycles. The Labute approximate surface area is 88.5 Å². The second kappa shape index (κ2) is 6.95. The van der Waals surface area contributed by atoms with Gasteiger partial charge in [0, 0.05) is 42.9 Å². The van der Waals surface area contributed by atoms with Gasteiger partial charge in [-0.15, -0.1) is 0 Å². The number of hydrogen-bond acceptors (Lipinski definition) is 3. The maximum Gasteiger partial charge on any atom is 0.238 e. The zero-order valence-corrected chi connectivity index (χ0v) is 10.2. The fourth-order valence-corrected chi connectivity index (χ4v) is 1.64. The maximum absolute atomic E-state index is 11.4. The van der Waals surface area contributed by atoms with Crippen molar-refractivity contribution in [3.05, 3.63) is 0 Å². The van der Waals surface area contributed by atoms with Gasteiger partial charge in [-0.3, -0.25) is 9.00 Å². The summed E-state index contributed by atoms with van der Waals surface area (Å²) < 4.78 is 11.1. The molecule has 0 heterocycles. The van der Waals surface area contributed by atoms with Crippen molar-refractivity contribution in [3.8, 4) is 0 Å². The first-order valence-electron chi connectivity index (χ1n) is 4.78. The monoisotopic (exact) mass is 220 g/mol. The second-order valence-electron chi connectivity index (χ2n) is 3.34. The molecule has 0 fully saturated rings. The van der Waals surface area contributed by atoms with E-state index in [0.717, 1.165) is 0 Å². The van der Waals surface area contributed by atoms with Crippen LogP contribution in [0.2, 0.25) is 0 Å². The maximum atomic E-state index is 11.4. The Hall–Kier alpha value is -0.420. The minimum atomic E-state index is -0.755. The highest BCUT2D eigenvalue weighted by Gasteiger charge is 2.13. The lowest BCUT2D eigenvalue weighted by Gasteiger charge is -2.17. The molecule has 0 aliphatic heterocycles. The third kappa shape index (κ3) is 5.34. The number of rotatable bonds is 6. The van der Waals surface area contributed by atoms with Crippen LogP contribution in [0.3, 0.4) is 0 Å². The quantitative estimate of drug-likeness (QED) is 0.675. The van der Waals surface area contributed by atoms with Crippen LogP contribution in [0.1, 0.15) is 13.8 Å². The van der Waals surface area contributed by atoms with Crippen LogP contribution < -0.4 is 5.32 Å². The van der Waals surface area contributed by atoms with Gasteiger partial charge in [-0.05, 0) is 6.92 Å². The fourth-order valence-electron chi connectivity index (χ4n) is 1.01. The minimum absolute atomic E-state index is 0.0484. The van der Waals surface area contributed by atoms with Crippen molar-refractivity contribution in [2.75, 3.05) is 32.1 Å². The largest absolute Gasteiger partial charge is 0.347 e. The average molecular weight is 220 g/mol. The molecule has 0 aromatic heterocycles. The van der Waals surface area contributed by atoms with Crippen LogP contribution in [0.5, 0.6) is 0 Å². The molecular formula is C9H20N2O2S. The average Bonchev–Trinajstić information content (AvgIpc) is 2.15. The van der Waals surface area contributed by atoms with Crippen LogP contribution in [0.25, 0.3) is 0 Å². The first-order valence-corrected chi connectivity index (χ1v) is 6.27. The highest BCUT2D eigenvalue weighted by Crippen LogP contribution is 1.88. The van der Waals surface area contributed by atoms with Gasteiger partial charge in [-0.25, -0.2) is 0 Å². The van der Waals surface area contributed by atoms with E-state index in [1.807, 2.05) is 13.8 Å². The standard InChI is InChI=1S/C9H20N2O2S/c1-5-14(13)7-6-10-8(2)9(12)11(3)4/h8,10H,5-7H2,1-4H3. The minimum Gasteiger partial charge on any atom is -0.347 e. The summed E-state index contributed by atoms with van der Waals surface area (Å²) >= 11 is 0. The molecule has 0 spiro atoms. The molecule has 84 valence electrons. The molecule has 0 aromatic carbocycles. The summed E-state index contributed by atoms with van der Waals surface area (Å²) in [6.07, 6.45) is 0. The van der Waals surface area contributed by atoms with Gasteiger partial charge in [-0.1, -0.05) is 6.92 Å². The molecule has 0 saturated carbocycles. The number of hydrogen-bond donors (Lipinski definition) is 1. The predicted molar refractivity (Wildman–Crippen MR) is 59.7 cm³/mol. The van der Waals surface area contributed by atoms with E-state index in [4.69, 9.17) is 0 Å². The van der Waals surface area contributed by atoms with Crippen molar-refractivity contribution >= 4 is 16.7 Å². The lowest BCUT2D eigenvalue weighted by Crippen LogP contribution is -2.42. The molecule has 0 aromatic rings. The molecule has 5 heteroatoms. The fraction of sp³-hybridized carbons (Fsp3) is 0.889. The highest BCUT2D eigenvalue weighted by molar-refractivity contribution is 7.84. The van der Waals surface area contributed by atoms with Gasteiger partial charge in [0.05, 0.1) is 6.04 Å². The van der Waals surface area contributed by atoms with Crippen LogP contribution in [-0.4, -0.2) is 53.2 Å². The molecule has 14 heavy (non-hydrogen) atoms. The van der Waals surface area contributed by atoms with Crippen LogP contribution >= 0.6 is 0 Å². The van der Waals surface area contributed by atoms with Crippen LogP contribution in [0.15, 0.2) is 0 Å². The van der Waals surface area contributed by atoms with Crippen molar-refractivity contribution in [3.63, 3.8) is 0 Å². The molecular weight excluding hydrogens is 200 g/mol. The second-order valence-corrected chi connectivity index (χ2v) is 5.21. The molecule has 0 aliphatic carbocycles. The Kier molecular flexibility index (Phi) is 6.74. The first-order chi connectivity index (χ1) is 6.49. The van der Waals surface area contributed by atoms with Crippen molar-refractivity contribution in [2.45, 2.75) is 19.9 Å². The Morgan fingerprint density at radius 3 is 2.50 bits per heavy atom. The smallest absolute Gasteiger partial charge is 0.238 e. The molecule has 0 radical (unpaired) electrons. The van der Waals surface area contributed by atoms with Gasteiger partial charge < -0.3 is 10.2 Å². The molecule has 2 unspecified atom stereocenters. The molecule has 1 N–H and O–H groups in total. The van der Waals surface area contributed by atoms with E-state index in [1.54, 1.807) is 19.0 Å². The van der Waals surface area contributed by atoms with E-state index in [0.29, 0.717) is 18.1 Å². The first kappa shape index (κ1) is 13.6. The molecule has 1 amide bonds. The zero-order valence-electron chi connectivity index (χ0n) is 9.37. The summed E-state index contributed by atoms with van der Waals surface area (Å²) in [5.41, 5.74) is 0. The van der Waals surface area contributed by atoms with Gasteiger partial charge in [0.2, 0.25) is 5.91 Å². The van der Waals surface area contributed by atoms with Crippen molar-refractivity contribution < 1.29 is 9.00 Å². The lowest BCUT2D eigenvalue weighted by atomic mass is 10.3. The number of likely N-dealkylation sites (N-methyl/N-ethyl adjacent to an activating group) is 1. The van der Waals surface area contributed by atoms with Crippen LogP contribution in [0.4, 0.5) is 0 Å². The van der Waals surface area contributed by atoms with Gasteiger partial charge >= 0.3 is 0 Å². The molecule has 0 bridgehead atoms. The van der Waals surface area contributed by atoms with E-state index in [1.165, 1.54) is 0 Å². The Bertz CT molecular complexity index is 207. The molecule has 2 atom stereocenters. The van der Waals surface area contributed by atoms with Gasteiger partial charge in [0.1, 0.15) is 0 Å². The van der Waals surface area contributed by atoms with Crippen molar-refractivity contribution in [2.24, 2.45) is 0 Å². The van der Waals surface area contributed by atoms with E-state index in [9.17, 15) is 9.00 Å². The zero-order chi connectivity index (χ0) is 11.1. The number of nitrogens with one attached hydrogen (secondary N) is 1. The third-order valence-electron chi connectivity index (χ3n) is 1.91. The van der Waals surface area contributed by atoms with E-state index in [2.05, 4.69) is 5.32 Å². The SMILES string of the molecule is CCS(=O)CCNC(C)C(=O)N(C)C. The van der Waals surface area contributed by atoms with Crippen LogP contribution in [-0.2, 0) is 15.6 Å². The number of carbonyl (C=O) groups excluding carboxylic acids is 1. The van der Waals surface area contributed by atoms with E-state index in [-0.39, 0.29) is 11.9 Å². The normalized spacial score (nSPS) is 14.9. The highest BCUT2D eigenvalue weighted by atomic mass is 32.2. The molecule has 0 aliphatic rings. The summed E-state index contributed by atoms with van der Waals surface area (Å²) in [5, 5.41) is 3.04. The van der Waals surface area contributed by atoms with Gasteiger partial charge in [0.25, 0.3) is 0 Å². The molecule has 0 rings (SSSR count). The summed E-state index contributed by atoms with van der Waals surface area (Å²) in [6, 6.07) is -0.196. The Balaban J connectivity index is 3.69. The summed E-state index contributed by atoms with van der Waals surface area (Å²) in [7, 11) is 2.70. The number of nitrogens with zero attached hydrogens (tertiary/aromatic N) is 1. The van der Waals surface area contributed by atoms with Gasteiger partial charge in [-0.2, -0.15) is 0 Å². The Morgan fingerprint density at radius 1 is 1.50 bits per heavy atom. The van der Waals surface area contributed by atoms with Crippen LogP contribution in [0, 0.1) is 0 Å². The Morgan fingerprint density at radius 2 is 2.07 bits per heavy atom. The van der Waals surface area contributed by atoms with Crippen molar-refractivity contribution in [1.82, 2.24) is 10.2 Å². The predicted octanol–water partition coefficient (Wildman–Crippen LogP) is -0.179. The number of carbonyl (C=O) groups is 1. The topological polar surface area (TPSA) is 49.4 Å². The number of amides is 1. The molecule has 4 nitrogen and oxygen atoms in total. The van der Waals surface area contributed by atoms with E-state index >= 15 is 0 Å².